The molecule has 0 heterocycles. The van der Waals surface area contributed by atoms with Crippen LogP contribution < -0.4 is 11.1 Å². The molecule has 72 valence electrons. The van der Waals surface area contributed by atoms with Gasteiger partial charge in [-0.25, -0.2) is 8.78 Å². The fourth-order valence-corrected chi connectivity index (χ4v) is 1.16. The first-order chi connectivity index (χ1) is 6.11. The van der Waals surface area contributed by atoms with E-state index in [1.165, 1.54) is 0 Å². The Morgan fingerprint density at radius 3 is 2.69 bits per heavy atom. The minimum Gasteiger partial charge on any atom is -0.397 e. The van der Waals surface area contributed by atoms with Gasteiger partial charge >= 0.3 is 0 Å². The van der Waals surface area contributed by atoms with E-state index in [-0.39, 0.29) is 0 Å². The third-order valence-corrected chi connectivity index (χ3v) is 1.79. The van der Waals surface area contributed by atoms with Crippen molar-refractivity contribution in [2.24, 2.45) is 0 Å². The third kappa shape index (κ3) is 2.73. The summed E-state index contributed by atoms with van der Waals surface area (Å²) < 4.78 is 23.7. The zero-order valence-corrected chi connectivity index (χ0v) is 7.48. The van der Waals surface area contributed by atoms with Crippen molar-refractivity contribution in [3.8, 4) is 0 Å². The molecule has 0 saturated heterocycles. The summed E-state index contributed by atoms with van der Waals surface area (Å²) in [6, 6.07) is 4.84. The largest absolute Gasteiger partial charge is 0.397 e. The van der Waals surface area contributed by atoms with Crippen molar-refractivity contribution in [1.82, 2.24) is 0 Å². The standard InChI is InChI=1S/C8H9ClF2N2/c9-5-2-1-3-6(12)8(5)13-4-7(10)11/h1-3,7,13H,4,12H2. The maximum atomic E-state index is 11.8. The van der Waals surface area contributed by atoms with Crippen LogP contribution >= 0.6 is 11.6 Å². The lowest BCUT2D eigenvalue weighted by Crippen LogP contribution is -2.11. The van der Waals surface area contributed by atoms with E-state index in [1.54, 1.807) is 18.2 Å². The Labute approximate surface area is 79.7 Å². The molecule has 0 spiro atoms. The molecule has 0 bridgehead atoms. The number of halogens is 3. The molecule has 0 aromatic heterocycles. The number of anilines is 2. The molecular formula is C8H9ClF2N2. The highest BCUT2D eigenvalue weighted by Crippen LogP contribution is 2.27. The number of alkyl halides is 2. The first-order valence-electron chi connectivity index (χ1n) is 3.67. The van der Waals surface area contributed by atoms with E-state index in [0.717, 1.165) is 0 Å². The zero-order chi connectivity index (χ0) is 9.84. The average molecular weight is 207 g/mol. The van der Waals surface area contributed by atoms with Crippen LogP contribution in [0.1, 0.15) is 0 Å². The van der Waals surface area contributed by atoms with Gasteiger partial charge in [-0.3, -0.25) is 0 Å². The molecule has 5 heteroatoms. The molecule has 0 aliphatic rings. The summed E-state index contributed by atoms with van der Waals surface area (Å²) >= 11 is 5.73. The van der Waals surface area contributed by atoms with Gasteiger partial charge in [0.15, 0.2) is 0 Å². The fraction of sp³-hybridized carbons (Fsp3) is 0.250. The Morgan fingerprint density at radius 2 is 2.15 bits per heavy atom. The van der Waals surface area contributed by atoms with Crippen LogP contribution in [0.15, 0.2) is 18.2 Å². The molecule has 3 N–H and O–H groups in total. The predicted octanol–water partition coefficient (Wildman–Crippen LogP) is 2.60. The lowest BCUT2D eigenvalue weighted by atomic mass is 10.2. The molecule has 0 radical (unpaired) electrons. The van der Waals surface area contributed by atoms with Crippen molar-refractivity contribution in [2.75, 3.05) is 17.6 Å². The van der Waals surface area contributed by atoms with Crippen LogP contribution in [-0.2, 0) is 0 Å². The lowest BCUT2D eigenvalue weighted by Gasteiger charge is -2.09. The van der Waals surface area contributed by atoms with Crippen molar-refractivity contribution in [3.05, 3.63) is 23.2 Å². The van der Waals surface area contributed by atoms with Crippen molar-refractivity contribution >= 4 is 23.0 Å². The quantitative estimate of drug-likeness (QED) is 0.746. The Bertz CT molecular complexity index is 271. The number of rotatable bonds is 3. The average Bonchev–Trinajstić information content (AvgIpc) is 2.03. The van der Waals surface area contributed by atoms with Crippen LogP contribution in [-0.4, -0.2) is 13.0 Å². The molecule has 0 aliphatic carbocycles. The number of nitrogen functional groups attached to an aromatic ring is 1. The number of hydrogen-bond donors (Lipinski definition) is 2. The molecule has 13 heavy (non-hydrogen) atoms. The van der Waals surface area contributed by atoms with Gasteiger partial charge in [0.05, 0.1) is 22.9 Å². The van der Waals surface area contributed by atoms with Gasteiger partial charge in [-0.05, 0) is 12.1 Å². The number of benzene rings is 1. The van der Waals surface area contributed by atoms with Crippen molar-refractivity contribution in [1.29, 1.82) is 0 Å². The van der Waals surface area contributed by atoms with Gasteiger partial charge in [0.25, 0.3) is 6.43 Å². The van der Waals surface area contributed by atoms with E-state index < -0.39 is 13.0 Å². The van der Waals surface area contributed by atoms with Crippen LogP contribution in [0.5, 0.6) is 0 Å². The van der Waals surface area contributed by atoms with Gasteiger partial charge in [0.2, 0.25) is 0 Å². The summed E-state index contributed by atoms with van der Waals surface area (Å²) in [7, 11) is 0. The second-order valence-corrected chi connectivity index (χ2v) is 2.88. The molecule has 1 aromatic rings. The van der Waals surface area contributed by atoms with Gasteiger partial charge in [-0.1, -0.05) is 17.7 Å². The predicted molar refractivity (Wildman–Crippen MR) is 50.4 cm³/mol. The highest BCUT2D eigenvalue weighted by atomic mass is 35.5. The van der Waals surface area contributed by atoms with Crippen LogP contribution in [0, 0.1) is 0 Å². The van der Waals surface area contributed by atoms with Crippen LogP contribution in [0.2, 0.25) is 5.02 Å². The summed E-state index contributed by atoms with van der Waals surface area (Å²) in [5, 5.41) is 2.82. The summed E-state index contributed by atoms with van der Waals surface area (Å²) in [6.45, 7) is -0.450. The van der Waals surface area contributed by atoms with E-state index in [4.69, 9.17) is 17.3 Å². The first kappa shape index (κ1) is 10.1. The van der Waals surface area contributed by atoms with Gasteiger partial charge in [0.1, 0.15) is 0 Å². The summed E-state index contributed by atoms with van der Waals surface area (Å²) in [5.74, 6) is 0. The number of para-hydroxylation sites is 1. The van der Waals surface area contributed by atoms with Crippen LogP contribution in [0.4, 0.5) is 20.2 Å². The minimum atomic E-state index is -2.42. The smallest absolute Gasteiger partial charge is 0.255 e. The Kier molecular flexibility index (Phi) is 3.31. The SMILES string of the molecule is Nc1cccc(Cl)c1NCC(F)F. The maximum Gasteiger partial charge on any atom is 0.255 e. The molecule has 0 fully saturated rings. The number of hydrogen-bond acceptors (Lipinski definition) is 2. The van der Waals surface area contributed by atoms with E-state index in [9.17, 15) is 8.78 Å². The van der Waals surface area contributed by atoms with Gasteiger partial charge in [0, 0.05) is 0 Å². The monoisotopic (exact) mass is 206 g/mol. The second kappa shape index (κ2) is 4.28. The Morgan fingerprint density at radius 1 is 1.46 bits per heavy atom. The van der Waals surface area contributed by atoms with Crippen molar-refractivity contribution in [2.45, 2.75) is 6.43 Å². The first-order valence-corrected chi connectivity index (χ1v) is 4.05. The Hall–Kier alpha value is -1.03. The molecule has 1 rings (SSSR count). The van der Waals surface area contributed by atoms with Gasteiger partial charge in [-0.2, -0.15) is 0 Å². The normalized spacial score (nSPS) is 10.5. The van der Waals surface area contributed by atoms with E-state index in [0.29, 0.717) is 16.4 Å². The molecular weight excluding hydrogens is 198 g/mol. The summed E-state index contributed by atoms with van der Waals surface area (Å²) in [6.07, 6.45) is -2.42. The fourth-order valence-electron chi connectivity index (χ4n) is 0.907. The summed E-state index contributed by atoms with van der Waals surface area (Å²) in [4.78, 5) is 0. The van der Waals surface area contributed by atoms with Crippen LogP contribution in [0.25, 0.3) is 0 Å². The van der Waals surface area contributed by atoms with Crippen molar-refractivity contribution < 1.29 is 8.78 Å². The van der Waals surface area contributed by atoms with Crippen LogP contribution in [0.3, 0.4) is 0 Å². The molecule has 1 aromatic carbocycles. The third-order valence-electron chi connectivity index (χ3n) is 1.48. The van der Waals surface area contributed by atoms with E-state index in [2.05, 4.69) is 5.32 Å². The molecule has 0 amide bonds. The number of nitrogens with one attached hydrogen (secondary N) is 1. The summed E-state index contributed by atoms with van der Waals surface area (Å²) in [5.41, 5.74) is 6.25. The molecule has 0 saturated carbocycles. The maximum absolute atomic E-state index is 11.8. The van der Waals surface area contributed by atoms with E-state index >= 15 is 0 Å². The minimum absolute atomic E-state index is 0.348. The number of nitrogens with two attached hydrogens (primary N) is 1. The molecule has 0 atom stereocenters. The highest BCUT2D eigenvalue weighted by molar-refractivity contribution is 6.33. The topological polar surface area (TPSA) is 38.0 Å². The Balaban J connectivity index is 2.75. The van der Waals surface area contributed by atoms with E-state index in [1.807, 2.05) is 0 Å². The second-order valence-electron chi connectivity index (χ2n) is 2.48. The zero-order valence-electron chi connectivity index (χ0n) is 6.73. The molecule has 0 unspecified atom stereocenters. The molecule has 2 nitrogen and oxygen atoms in total. The molecule has 0 aliphatic heterocycles. The lowest BCUT2D eigenvalue weighted by molar-refractivity contribution is 0.163. The van der Waals surface area contributed by atoms with Crippen molar-refractivity contribution in [3.63, 3.8) is 0 Å². The highest BCUT2D eigenvalue weighted by Gasteiger charge is 2.06. The van der Waals surface area contributed by atoms with Gasteiger partial charge in [-0.15, -0.1) is 0 Å². The van der Waals surface area contributed by atoms with Gasteiger partial charge < -0.3 is 11.1 Å².